The van der Waals surface area contributed by atoms with Gasteiger partial charge in [-0.2, -0.15) is 18.4 Å². The van der Waals surface area contributed by atoms with E-state index in [-0.39, 0.29) is 35.9 Å². The van der Waals surface area contributed by atoms with E-state index < -0.39 is 18.0 Å². The zero-order valence-corrected chi connectivity index (χ0v) is 23.1. The Bertz CT molecular complexity index is 1730. The largest absolute Gasteiger partial charge is 0.491 e. The molecule has 0 aliphatic carbocycles. The number of alkyl halides is 3. The Hall–Kier alpha value is -4.73. The van der Waals surface area contributed by atoms with Crippen molar-refractivity contribution < 1.29 is 31.9 Å². The van der Waals surface area contributed by atoms with E-state index in [9.17, 15) is 27.2 Å². The van der Waals surface area contributed by atoms with Gasteiger partial charge in [0.05, 0.1) is 29.8 Å². The van der Waals surface area contributed by atoms with Crippen molar-refractivity contribution in [2.24, 2.45) is 0 Å². The number of carbonyl (C=O) groups excluding carboxylic acids is 2. The van der Waals surface area contributed by atoms with Gasteiger partial charge in [0.2, 0.25) is 5.91 Å². The van der Waals surface area contributed by atoms with Crippen molar-refractivity contribution in [2.45, 2.75) is 19.3 Å². The van der Waals surface area contributed by atoms with E-state index in [2.05, 4.69) is 9.72 Å². The number of esters is 1. The number of nitriles is 1. The monoisotopic (exact) mass is 611 g/mol. The van der Waals surface area contributed by atoms with Crippen LogP contribution in [0.15, 0.2) is 73.2 Å². The molecule has 1 fully saturated rings. The zero-order chi connectivity index (χ0) is 30.7. The summed E-state index contributed by atoms with van der Waals surface area (Å²) in [6, 6.07) is 16.6. The number of carbonyl (C=O) groups is 2. The van der Waals surface area contributed by atoms with Crippen LogP contribution in [-0.2, 0) is 22.7 Å². The van der Waals surface area contributed by atoms with Crippen LogP contribution < -0.4 is 9.64 Å². The number of rotatable bonds is 7. The second-order valence-corrected chi connectivity index (χ2v) is 10.2. The fourth-order valence-electron chi connectivity index (χ4n) is 4.80. The van der Waals surface area contributed by atoms with Crippen LogP contribution in [0.1, 0.15) is 16.8 Å². The van der Waals surface area contributed by atoms with Gasteiger partial charge in [-0.3, -0.25) is 9.69 Å². The van der Waals surface area contributed by atoms with Gasteiger partial charge in [-0.1, -0.05) is 41.9 Å². The van der Waals surface area contributed by atoms with E-state index in [1.807, 2.05) is 9.47 Å². The Kier molecular flexibility index (Phi) is 8.47. The van der Waals surface area contributed by atoms with Gasteiger partial charge in [0.15, 0.2) is 0 Å². The molecule has 0 N–H and O–H groups in total. The molecule has 8 nitrogen and oxygen atoms in total. The van der Waals surface area contributed by atoms with Crippen molar-refractivity contribution in [1.29, 1.82) is 5.26 Å². The molecule has 2 heterocycles. The van der Waals surface area contributed by atoms with E-state index in [1.165, 1.54) is 41.3 Å². The third-order valence-electron chi connectivity index (χ3n) is 6.85. The number of imidazole rings is 1. The lowest BCUT2D eigenvalue weighted by Crippen LogP contribution is -2.50. The van der Waals surface area contributed by atoms with Crippen molar-refractivity contribution in [3.63, 3.8) is 0 Å². The first kappa shape index (κ1) is 29.8. The molecule has 220 valence electrons. The second-order valence-electron chi connectivity index (χ2n) is 9.74. The van der Waals surface area contributed by atoms with Gasteiger partial charge in [0.1, 0.15) is 17.6 Å². The minimum absolute atomic E-state index is 0.0212. The van der Waals surface area contributed by atoms with Gasteiger partial charge >= 0.3 is 12.1 Å². The van der Waals surface area contributed by atoms with Gasteiger partial charge in [-0.05, 0) is 35.9 Å². The number of nitrogens with zero attached hydrogens (tertiary/aromatic N) is 5. The standard InChI is InChI=1S/C30H22ClF4N5O3/c31-21-7-8-23(24-3-1-2-4-27(24)43-29(42)30(33,34)35)26(12-21)40-10-9-38(17-28(40)41)16-22-14-37-18-39(22)15-19-5-6-20(13-36)25(32)11-19/h1-8,11-12,14,18H,9-10,15-17H2. The Labute approximate surface area is 248 Å². The van der Waals surface area contributed by atoms with Crippen molar-refractivity contribution in [3.05, 3.63) is 101 Å². The first-order valence-corrected chi connectivity index (χ1v) is 13.3. The highest BCUT2D eigenvalue weighted by atomic mass is 35.5. The number of aromatic nitrogens is 2. The molecule has 43 heavy (non-hydrogen) atoms. The first-order chi connectivity index (χ1) is 20.5. The number of para-hydroxylation sites is 1. The maximum Gasteiger partial charge on any atom is 0.491 e. The Balaban J connectivity index is 1.33. The van der Waals surface area contributed by atoms with Crippen LogP contribution in [0.4, 0.5) is 23.2 Å². The average molecular weight is 612 g/mol. The van der Waals surface area contributed by atoms with E-state index in [0.717, 1.165) is 5.69 Å². The zero-order valence-electron chi connectivity index (χ0n) is 22.3. The van der Waals surface area contributed by atoms with Gasteiger partial charge in [0, 0.05) is 48.5 Å². The van der Waals surface area contributed by atoms with Crippen LogP contribution >= 0.6 is 11.6 Å². The molecule has 3 aromatic carbocycles. The summed E-state index contributed by atoms with van der Waals surface area (Å²) in [6.45, 7) is 1.39. The second kappa shape index (κ2) is 12.2. The number of anilines is 1. The van der Waals surface area contributed by atoms with Crippen LogP contribution in [0, 0.1) is 17.1 Å². The van der Waals surface area contributed by atoms with Crippen LogP contribution in [-0.4, -0.2) is 52.1 Å². The lowest BCUT2D eigenvalue weighted by atomic mass is 10.0. The molecule has 0 unspecified atom stereocenters. The van der Waals surface area contributed by atoms with Crippen molar-refractivity contribution in [2.75, 3.05) is 24.5 Å². The normalized spacial score (nSPS) is 14.0. The number of amides is 1. The maximum absolute atomic E-state index is 14.1. The molecule has 0 saturated carbocycles. The highest BCUT2D eigenvalue weighted by Gasteiger charge is 2.42. The number of halogens is 5. The molecule has 1 aliphatic heterocycles. The maximum atomic E-state index is 14.1. The summed E-state index contributed by atoms with van der Waals surface area (Å²) in [5, 5.41) is 9.27. The summed E-state index contributed by atoms with van der Waals surface area (Å²) < 4.78 is 59.3. The predicted octanol–water partition coefficient (Wildman–Crippen LogP) is 5.58. The van der Waals surface area contributed by atoms with E-state index in [0.29, 0.717) is 41.5 Å². The fraction of sp³-hybridized carbons (Fsp3) is 0.200. The van der Waals surface area contributed by atoms with Crippen LogP contribution in [0.25, 0.3) is 11.1 Å². The molecule has 13 heteroatoms. The molecule has 0 spiro atoms. The summed E-state index contributed by atoms with van der Waals surface area (Å²) in [6.07, 6.45) is -1.92. The molecule has 0 atom stereocenters. The first-order valence-electron chi connectivity index (χ1n) is 12.9. The summed E-state index contributed by atoms with van der Waals surface area (Å²) >= 11 is 6.26. The highest BCUT2D eigenvalue weighted by Crippen LogP contribution is 2.39. The molecular weight excluding hydrogens is 590 g/mol. The van der Waals surface area contributed by atoms with Crippen LogP contribution in [0.3, 0.4) is 0 Å². The molecule has 4 aromatic rings. The lowest BCUT2D eigenvalue weighted by Gasteiger charge is -2.35. The molecular formula is C30H22ClF4N5O3. The van der Waals surface area contributed by atoms with Crippen LogP contribution in [0.2, 0.25) is 5.02 Å². The van der Waals surface area contributed by atoms with Crippen molar-refractivity contribution in [1.82, 2.24) is 14.5 Å². The predicted molar refractivity (Wildman–Crippen MR) is 149 cm³/mol. The SMILES string of the molecule is N#Cc1ccc(Cn2cncc2CN2CCN(c3cc(Cl)ccc3-c3ccccc3OC(=O)C(F)(F)F)C(=O)C2)cc1F. The lowest BCUT2D eigenvalue weighted by molar-refractivity contribution is -0.189. The fourth-order valence-corrected chi connectivity index (χ4v) is 4.97. The van der Waals surface area contributed by atoms with E-state index in [4.69, 9.17) is 16.9 Å². The summed E-state index contributed by atoms with van der Waals surface area (Å²) in [5.74, 6) is -3.55. The average Bonchev–Trinajstić information content (AvgIpc) is 3.39. The third kappa shape index (κ3) is 6.69. The Morgan fingerprint density at radius 2 is 1.84 bits per heavy atom. The number of piperazine rings is 1. The van der Waals surface area contributed by atoms with E-state index >= 15 is 0 Å². The van der Waals surface area contributed by atoms with Gasteiger partial charge in [-0.15, -0.1) is 0 Å². The molecule has 1 amide bonds. The van der Waals surface area contributed by atoms with E-state index in [1.54, 1.807) is 42.9 Å². The Morgan fingerprint density at radius 1 is 1.05 bits per heavy atom. The molecule has 5 rings (SSSR count). The van der Waals surface area contributed by atoms with Gasteiger partial charge < -0.3 is 14.2 Å². The minimum atomic E-state index is -5.18. The van der Waals surface area contributed by atoms with Crippen LogP contribution in [0.5, 0.6) is 5.75 Å². The summed E-state index contributed by atoms with van der Waals surface area (Å²) in [7, 11) is 0. The third-order valence-corrected chi connectivity index (χ3v) is 7.09. The quantitative estimate of drug-likeness (QED) is 0.154. The molecule has 0 radical (unpaired) electrons. The van der Waals surface area contributed by atoms with Crippen molar-refractivity contribution in [3.8, 4) is 22.9 Å². The number of hydrogen-bond donors (Lipinski definition) is 0. The molecule has 1 aromatic heterocycles. The molecule has 0 bridgehead atoms. The minimum Gasteiger partial charge on any atom is -0.419 e. The number of ether oxygens (including phenoxy) is 1. The molecule has 1 aliphatic rings. The number of hydrogen-bond acceptors (Lipinski definition) is 6. The van der Waals surface area contributed by atoms with Gasteiger partial charge in [0.25, 0.3) is 0 Å². The summed E-state index contributed by atoms with van der Waals surface area (Å²) in [4.78, 5) is 32.6. The van der Waals surface area contributed by atoms with Crippen molar-refractivity contribution >= 4 is 29.2 Å². The topological polar surface area (TPSA) is 91.5 Å². The van der Waals surface area contributed by atoms with Gasteiger partial charge in [-0.25, -0.2) is 14.2 Å². The Morgan fingerprint density at radius 3 is 2.56 bits per heavy atom. The number of benzene rings is 3. The summed E-state index contributed by atoms with van der Waals surface area (Å²) in [5.41, 5.74) is 2.30. The molecule has 1 saturated heterocycles. The smallest absolute Gasteiger partial charge is 0.419 e. The highest BCUT2D eigenvalue weighted by molar-refractivity contribution is 6.31.